The van der Waals surface area contributed by atoms with E-state index in [-0.39, 0.29) is 22.4 Å². The Kier molecular flexibility index (Phi) is 3.03. The van der Waals surface area contributed by atoms with E-state index in [0.717, 1.165) is 0 Å². The van der Waals surface area contributed by atoms with Gasteiger partial charge in [-0.1, -0.05) is 6.08 Å². The third kappa shape index (κ3) is 1.91. The lowest BCUT2D eigenvalue weighted by atomic mass is 10.1. The number of carboxylic acids is 1. The van der Waals surface area contributed by atoms with Crippen LogP contribution in [-0.4, -0.2) is 20.6 Å². The molecule has 0 aromatic carbocycles. The summed E-state index contributed by atoms with van der Waals surface area (Å²) in [6, 6.07) is 4.95. The number of allylic oxidation sites excluding steroid dienone is 1. The Morgan fingerprint density at radius 1 is 1.52 bits per heavy atom. The lowest BCUT2D eigenvalue weighted by Gasteiger charge is -2.14. The average Bonchev–Trinajstić information content (AvgIpc) is 2.82. The molecule has 1 aliphatic rings. The van der Waals surface area contributed by atoms with E-state index in [1.54, 1.807) is 16.7 Å². The quantitative estimate of drug-likeness (QED) is 0.859. The fourth-order valence-corrected chi connectivity index (χ4v) is 2.61. The number of aromatic carboxylic acids is 1. The van der Waals surface area contributed by atoms with Gasteiger partial charge < -0.3 is 9.67 Å². The highest BCUT2D eigenvalue weighted by Crippen LogP contribution is 2.35. The molecule has 1 N–H and O–H groups in total. The number of carboxylic acid groups (broad SMARTS) is 1. The SMILES string of the molecule is N#Cc1c(C(=O)O)c2n(c1-c1cccnc1F)CCC=C2. The van der Waals surface area contributed by atoms with E-state index in [1.807, 2.05) is 12.1 Å². The van der Waals surface area contributed by atoms with E-state index >= 15 is 0 Å². The van der Waals surface area contributed by atoms with Crippen LogP contribution in [0.5, 0.6) is 0 Å². The number of hydrogen-bond acceptors (Lipinski definition) is 3. The number of nitrogens with zero attached hydrogens (tertiary/aromatic N) is 3. The fourth-order valence-electron chi connectivity index (χ4n) is 2.61. The lowest BCUT2D eigenvalue weighted by Crippen LogP contribution is -2.08. The first-order valence-electron chi connectivity index (χ1n) is 6.32. The Bertz CT molecular complexity index is 815. The molecule has 2 aromatic rings. The Morgan fingerprint density at radius 2 is 2.33 bits per heavy atom. The van der Waals surface area contributed by atoms with Crippen LogP contribution in [0, 0.1) is 17.3 Å². The van der Waals surface area contributed by atoms with E-state index in [9.17, 15) is 19.6 Å². The molecule has 0 aliphatic carbocycles. The molecule has 0 spiro atoms. The predicted molar refractivity (Wildman–Crippen MR) is 72.9 cm³/mol. The van der Waals surface area contributed by atoms with Gasteiger partial charge in [0.25, 0.3) is 0 Å². The Morgan fingerprint density at radius 3 is 3.00 bits per heavy atom. The standard InChI is InChI=1S/C15H10FN3O2/c16-14-9(4-3-6-18-14)13-10(8-17)12(15(20)21)11-5-1-2-7-19(11)13/h1,3-6H,2,7H2,(H,20,21). The molecule has 0 saturated heterocycles. The largest absolute Gasteiger partial charge is 0.478 e. The van der Waals surface area contributed by atoms with E-state index in [2.05, 4.69) is 4.98 Å². The number of fused-ring (bicyclic) bond motifs is 1. The van der Waals surface area contributed by atoms with Crippen LogP contribution in [0.4, 0.5) is 4.39 Å². The second-order valence-corrected chi connectivity index (χ2v) is 4.59. The van der Waals surface area contributed by atoms with Gasteiger partial charge in [0, 0.05) is 12.7 Å². The molecular weight excluding hydrogens is 273 g/mol. The molecule has 3 rings (SSSR count). The number of halogens is 1. The number of nitriles is 1. The van der Waals surface area contributed by atoms with Gasteiger partial charge in [-0.3, -0.25) is 0 Å². The highest BCUT2D eigenvalue weighted by atomic mass is 19.1. The van der Waals surface area contributed by atoms with Crippen LogP contribution in [0.1, 0.15) is 28.0 Å². The minimum atomic E-state index is -1.20. The van der Waals surface area contributed by atoms with Crippen LogP contribution < -0.4 is 0 Å². The van der Waals surface area contributed by atoms with Crippen molar-refractivity contribution in [2.24, 2.45) is 0 Å². The molecule has 0 atom stereocenters. The molecule has 104 valence electrons. The zero-order valence-electron chi connectivity index (χ0n) is 10.9. The van der Waals surface area contributed by atoms with E-state index in [4.69, 9.17) is 0 Å². The topological polar surface area (TPSA) is 78.9 Å². The van der Waals surface area contributed by atoms with Gasteiger partial charge in [0.15, 0.2) is 0 Å². The summed E-state index contributed by atoms with van der Waals surface area (Å²) in [4.78, 5) is 15.1. The molecule has 2 aromatic heterocycles. The van der Waals surface area contributed by atoms with Crippen molar-refractivity contribution >= 4 is 12.0 Å². The van der Waals surface area contributed by atoms with Crippen LogP contribution in [0.2, 0.25) is 0 Å². The zero-order chi connectivity index (χ0) is 15.0. The molecule has 0 amide bonds. The fraction of sp³-hybridized carbons (Fsp3) is 0.133. The highest BCUT2D eigenvalue weighted by molar-refractivity contribution is 5.98. The number of rotatable bonds is 2. The van der Waals surface area contributed by atoms with Crippen LogP contribution in [0.15, 0.2) is 24.4 Å². The number of pyridine rings is 1. The maximum absolute atomic E-state index is 14.0. The summed E-state index contributed by atoms with van der Waals surface area (Å²) in [5.74, 6) is -1.92. The van der Waals surface area contributed by atoms with Crippen molar-refractivity contribution in [3.8, 4) is 17.3 Å². The summed E-state index contributed by atoms with van der Waals surface area (Å²) < 4.78 is 15.6. The Labute approximate surface area is 119 Å². The minimum absolute atomic E-state index is 0.0315. The van der Waals surface area contributed by atoms with E-state index in [1.165, 1.54) is 12.3 Å². The lowest BCUT2D eigenvalue weighted by molar-refractivity contribution is 0.0696. The van der Waals surface area contributed by atoms with E-state index in [0.29, 0.717) is 18.7 Å². The monoisotopic (exact) mass is 283 g/mol. The first-order chi connectivity index (χ1) is 10.1. The smallest absolute Gasteiger partial charge is 0.339 e. The molecule has 6 heteroatoms. The molecular formula is C15H10FN3O2. The molecule has 3 heterocycles. The van der Waals surface area contributed by atoms with Crippen molar-refractivity contribution in [2.75, 3.05) is 0 Å². The van der Waals surface area contributed by atoms with Gasteiger partial charge in [-0.25, -0.2) is 9.78 Å². The molecule has 21 heavy (non-hydrogen) atoms. The van der Waals surface area contributed by atoms with Crippen LogP contribution in [0.3, 0.4) is 0 Å². The summed E-state index contributed by atoms with van der Waals surface area (Å²) in [6.45, 7) is 0.497. The molecule has 1 aliphatic heterocycles. The first-order valence-corrected chi connectivity index (χ1v) is 6.32. The highest BCUT2D eigenvalue weighted by Gasteiger charge is 2.29. The van der Waals surface area contributed by atoms with Crippen molar-refractivity contribution in [3.05, 3.63) is 47.2 Å². The van der Waals surface area contributed by atoms with Gasteiger partial charge in [0.1, 0.15) is 11.6 Å². The molecule has 0 bridgehead atoms. The van der Waals surface area contributed by atoms with Gasteiger partial charge in [0.2, 0.25) is 5.95 Å². The maximum atomic E-state index is 14.0. The van der Waals surface area contributed by atoms with Crippen molar-refractivity contribution < 1.29 is 14.3 Å². The van der Waals surface area contributed by atoms with Crippen molar-refractivity contribution in [1.82, 2.24) is 9.55 Å². The van der Waals surface area contributed by atoms with Crippen LogP contribution >= 0.6 is 0 Å². The number of hydrogen-bond donors (Lipinski definition) is 1. The van der Waals surface area contributed by atoms with Gasteiger partial charge in [-0.05, 0) is 24.6 Å². The first kappa shape index (κ1) is 13.1. The predicted octanol–water partition coefficient (Wildman–Crippen LogP) is 2.68. The van der Waals surface area contributed by atoms with Gasteiger partial charge >= 0.3 is 5.97 Å². The number of carbonyl (C=O) groups is 1. The summed E-state index contributed by atoms with van der Waals surface area (Å²) >= 11 is 0. The second-order valence-electron chi connectivity index (χ2n) is 4.59. The van der Waals surface area contributed by atoms with Gasteiger partial charge in [-0.2, -0.15) is 9.65 Å². The molecule has 0 unspecified atom stereocenters. The number of aromatic nitrogens is 2. The maximum Gasteiger partial charge on any atom is 0.339 e. The zero-order valence-corrected chi connectivity index (χ0v) is 10.9. The summed E-state index contributed by atoms with van der Waals surface area (Å²) in [5, 5.41) is 18.7. The molecule has 5 nitrogen and oxygen atoms in total. The van der Waals surface area contributed by atoms with Crippen molar-refractivity contribution in [3.63, 3.8) is 0 Å². The van der Waals surface area contributed by atoms with Crippen LogP contribution in [-0.2, 0) is 6.54 Å². The summed E-state index contributed by atoms with van der Waals surface area (Å²) in [6.07, 6.45) is 5.50. The normalized spacial score (nSPS) is 12.8. The second kappa shape index (κ2) is 4.87. The minimum Gasteiger partial charge on any atom is -0.478 e. The molecule has 0 radical (unpaired) electrons. The summed E-state index contributed by atoms with van der Waals surface area (Å²) in [7, 11) is 0. The average molecular weight is 283 g/mol. The summed E-state index contributed by atoms with van der Waals surface area (Å²) in [5.41, 5.74) is 0.712. The third-order valence-corrected chi connectivity index (χ3v) is 3.44. The van der Waals surface area contributed by atoms with Gasteiger partial charge in [-0.15, -0.1) is 0 Å². The van der Waals surface area contributed by atoms with Gasteiger partial charge in [0.05, 0.1) is 22.5 Å². The Balaban J connectivity index is 2.41. The Hall–Kier alpha value is -2.94. The van der Waals surface area contributed by atoms with Crippen molar-refractivity contribution in [2.45, 2.75) is 13.0 Å². The van der Waals surface area contributed by atoms with Crippen LogP contribution in [0.25, 0.3) is 17.3 Å². The van der Waals surface area contributed by atoms with E-state index < -0.39 is 11.9 Å². The van der Waals surface area contributed by atoms with Crippen molar-refractivity contribution in [1.29, 1.82) is 5.26 Å². The molecule has 0 fully saturated rings. The third-order valence-electron chi connectivity index (χ3n) is 3.44. The molecule has 0 saturated carbocycles.